The smallest absolute Gasteiger partial charge is 0.123 e. The summed E-state index contributed by atoms with van der Waals surface area (Å²) in [6.45, 7) is 9.96. The van der Waals surface area contributed by atoms with E-state index in [9.17, 15) is 5.11 Å². The second-order valence-electron chi connectivity index (χ2n) is 7.40. The van der Waals surface area contributed by atoms with E-state index in [1.54, 1.807) is 0 Å². The molecule has 0 aromatic heterocycles. The van der Waals surface area contributed by atoms with Crippen molar-refractivity contribution in [3.8, 4) is 5.75 Å². The highest BCUT2D eigenvalue weighted by atomic mass is 16.5. The monoisotopic (exact) mass is 368 g/mol. The van der Waals surface area contributed by atoms with Gasteiger partial charge in [0.1, 0.15) is 5.75 Å². The first-order chi connectivity index (χ1) is 13.2. The second-order valence-corrected chi connectivity index (χ2v) is 7.40. The van der Waals surface area contributed by atoms with Crippen LogP contribution >= 0.6 is 0 Å². The molecule has 4 heteroatoms. The van der Waals surface area contributed by atoms with Gasteiger partial charge in [0.05, 0.1) is 6.61 Å². The summed E-state index contributed by atoms with van der Waals surface area (Å²) in [6.07, 6.45) is 0.807. The first-order valence-electron chi connectivity index (χ1n) is 10.0. The van der Waals surface area contributed by atoms with Gasteiger partial charge in [-0.3, -0.25) is 9.80 Å². The molecule has 0 saturated carbocycles. The van der Waals surface area contributed by atoms with Gasteiger partial charge in [0.25, 0.3) is 0 Å². The molecule has 146 valence electrons. The Bertz CT molecular complexity index is 702. The van der Waals surface area contributed by atoms with Gasteiger partial charge in [-0.15, -0.1) is 0 Å². The number of piperazine rings is 1. The number of aliphatic hydroxyl groups excluding tert-OH is 1. The number of hydrogen-bond donors (Lipinski definition) is 1. The average molecular weight is 369 g/mol. The molecule has 1 aliphatic heterocycles. The molecule has 2 aromatic carbocycles. The SMILES string of the molecule is CCOc1ccccc1CN1CCN(Cc2ccc(C)cc2)CC1CCO. The maximum absolute atomic E-state index is 9.58. The minimum absolute atomic E-state index is 0.229. The van der Waals surface area contributed by atoms with Crippen molar-refractivity contribution < 1.29 is 9.84 Å². The summed E-state index contributed by atoms with van der Waals surface area (Å²) in [7, 11) is 0. The molecule has 1 atom stereocenters. The van der Waals surface area contributed by atoms with Crippen molar-refractivity contribution in [1.29, 1.82) is 0 Å². The van der Waals surface area contributed by atoms with Gasteiger partial charge < -0.3 is 9.84 Å². The Balaban J connectivity index is 1.65. The molecule has 1 N–H and O–H groups in total. The lowest BCUT2D eigenvalue weighted by atomic mass is 10.1. The molecular weight excluding hydrogens is 336 g/mol. The lowest BCUT2D eigenvalue weighted by Gasteiger charge is -2.41. The highest BCUT2D eigenvalue weighted by Crippen LogP contribution is 2.24. The van der Waals surface area contributed by atoms with Crippen molar-refractivity contribution >= 4 is 0 Å². The molecule has 0 spiro atoms. The number of nitrogens with zero attached hydrogens (tertiary/aromatic N) is 2. The number of benzene rings is 2. The minimum Gasteiger partial charge on any atom is -0.494 e. The van der Waals surface area contributed by atoms with E-state index in [0.29, 0.717) is 12.6 Å². The minimum atomic E-state index is 0.229. The van der Waals surface area contributed by atoms with Crippen LogP contribution in [0.15, 0.2) is 48.5 Å². The zero-order chi connectivity index (χ0) is 19.1. The third-order valence-electron chi connectivity index (χ3n) is 5.32. The summed E-state index contributed by atoms with van der Waals surface area (Å²) >= 11 is 0. The van der Waals surface area contributed by atoms with Crippen LogP contribution < -0.4 is 4.74 Å². The third kappa shape index (κ3) is 5.55. The van der Waals surface area contributed by atoms with Crippen molar-refractivity contribution in [2.75, 3.05) is 32.8 Å². The third-order valence-corrected chi connectivity index (χ3v) is 5.32. The molecule has 4 nitrogen and oxygen atoms in total. The largest absolute Gasteiger partial charge is 0.494 e. The van der Waals surface area contributed by atoms with Crippen molar-refractivity contribution in [2.45, 2.75) is 39.4 Å². The average Bonchev–Trinajstić information content (AvgIpc) is 2.67. The van der Waals surface area contributed by atoms with Gasteiger partial charge in [-0.2, -0.15) is 0 Å². The summed E-state index contributed by atoms with van der Waals surface area (Å²) in [4.78, 5) is 5.01. The Hall–Kier alpha value is -1.88. The lowest BCUT2D eigenvalue weighted by molar-refractivity contribution is 0.0494. The number of ether oxygens (including phenoxy) is 1. The van der Waals surface area contributed by atoms with Crippen LogP contribution in [0.2, 0.25) is 0 Å². The van der Waals surface area contributed by atoms with E-state index >= 15 is 0 Å². The second kappa shape index (κ2) is 9.88. The summed E-state index contributed by atoms with van der Waals surface area (Å²) in [5.41, 5.74) is 3.89. The number of aliphatic hydroxyl groups is 1. The normalized spacial score (nSPS) is 18.6. The number of aryl methyl sites for hydroxylation is 1. The molecule has 0 radical (unpaired) electrons. The number of rotatable bonds is 8. The molecule has 27 heavy (non-hydrogen) atoms. The molecule has 3 rings (SSSR count). The fourth-order valence-electron chi connectivity index (χ4n) is 3.83. The van der Waals surface area contributed by atoms with E-state index in [1.807, 2.05) is 19.1 Å². The molecule has 1 unspecified atom stereocenters. The van der Waals surface area contributed by atoms with E-state index in [2.05, 4.69) is 53.1 Å². The summed E-state index contributed by atoms with van der Waals surface area (Å²) in [5, 5.41) is 9.58. The van der Waals surface area contributed by atoms with Gasteiger partial charge in [-0.05, 0) is 31.9 Å². The highest BCUT2D eigenvalue weighted by molar-refractivity contribution is 5.33. The summed E-state index contributed by atoms with van der Waals surface area (Å²) < 4.78 is 5.80. The van der Waals surface area contributed by atoms with E-state index in [1.165, 1.54) is 16.7 Å². The molecule has 1 heterocycles. The number of hydrogen-bond acceptors (Lipinski definition) is 4. The van der Waals surface area contributed by atoms with Crippen LogP contribution in [0.3, 0.4) is 0 Å². The van der Waals surface area contributed by atoms with Crippen molar-refractivity contribution in [1.82, 2.24) is 9.80 Å². The molecule has 0 aliphatic carbocycles. The molecule has 0 amide bonds. The van der Waals surface area contributed by atoms with Gasteiger partial charge in [-0.25, -0.2) is 0 Å². The lowest BCUT2D eigenvalue weighted by Crippen LogP contribution is -2.52. The van der Waals surface area contributed by atoms with Gasteiger partial charge in [0.2, 0.25) is 0 Å². The van der Waals surface area contributed by atoms with E-state index < -0.39 is 0 Å². The summed E-state index contributed by atoms with van der Waals surface area (Å²) in [5.74, 6) is 0.977. The van der Waals surface area contributed by atoms with Crippen LogP contribution in [0.1, 0.15) is 30.0 Å². The fraction of sp³-hybridized carbons (Fsp3) is 0.478. The van der Waals surface area contributed by atoms with Crippen LogP contribution in [0.4, 0.5) is 0 Å². The molecule has 0 bridgehead atoms. The van der Waals surface area contributed by atoms with E-state index in [0.717, 1.165) is 44.9 Å². The molecular formula is C23H32N2O2. The maximum atomic E-state index is 9.58. The van der Waals surface area contributed by atoms with E-state index in [4.69, 9.17) is 4.74 Å². The topological polar surface area (TPSA) is 35.9 Å². The van der Waals surface area contributed by atoms with Crippen LogP contribution in [0, 0.1) is 6.92 Å². The van der Waals surface area contributed by atoms with Gasteiger partial charge in [0, 0.05) is 50.9 Å². The zero-order valence-corrected chi connectivity index (χ0v) is 16.6. The quantitative estimate of drug-likeness (QED) is 0.774. The van der Waals surface area contributed by atoms with Crippen molar-refractivity contribution in [2.24, 2.45) is 0 Å². The molecule has 1 saturated heterocycles. The van der Waals surface area contributed by atoms with Gasteiger partial charge >= 0.3 is 0 Å². The standard InChI is InChI=1S/C23H32N2O2/c1-3-27-23-7-5-4-6-21(23)17-25-14-13-24(18-22(25)12-15-26)16-20-10-8-19(2)9-11-20/h4-11,22,26H,3,12-18H2,1-2H3. The highest BCUT2D eigenvalue weighted by Gasteiger charge is 2.27. The molecule has 1 fully saturated rings. The predicted octanol–water partition coefficient (Wildman–Crippen LogP) is 3.46. The Morgan fingerprint density at radius 1 is 1.04 bits per heavy atom. The Morgan fingerprint density at radius 3 is 2.56 bits per heavy atom. The van der Waals surface area contributed by atoms with Gasteiger partial charge in [-0.1, -0.05) is 48.0 Å². The summed E-state index contributed by atoms with van der Waals surface area (Å²) in [6, 6.07) is 17.5. The Morgan fingerprint density at radius 2 is 1.81 bits per heavy atom. The van der Waals surface area contributed by atoms with Crippen molar-refractivity contribution in [3.05, 3.63) is 65.2 Å². The van der Waals surface area contributed by atoms with E-state index in [-0.39, 0.29) is 6.61 Å². The maximum Gasteiger partial charge on any atom is 0.123 e. The Labute approximate surface area is 163 Å². The molecule has 1 aliphatic rings. The fourth-order valence-corrected chi connectivity index (χ4v) is 3.83. The predicted molar refractivity (Wildman–Crippen MR) is 110 cm³/mol. The van der Waals surface area contributed by atoms with Crippen LogP contribution in [-0.4, -0.2) is 53.8 Å². The van der Waals surface area contributed by atoms with Crippen LogP contribution in [0.25, 0.3) is 0 Å². The first-order valence-corrected chi connectivity index (χ1v) is 10.0. The van der Waals surface area contributed by atoms with Crippen molar-refractivity contribution in [3.63, 3.8) is 0 Å². The van der Waals surface area contributed by atoms with Gasteiger partial charge in [0.15, 0.2) is 0 Å². The zero-order valence-electron chi connectivity index (χ0n) is 16.6. The number of para-hydroxylation sites is 1. The Kier molecular flexibility index (Phi) is 7.27. The van der Waals surface area contributed by atoms with Crippen LogP contribution in [-0.2, 0) is 13.1 Å². The molecule has 2 aromatic rings. The van der Waals surface area contributed by atoms with Crippen LogP contribution in [0.5, 0.6) is 5.75 Å². The first kappa shape index (κ1) is 19.9.